The van der Waals surface area contributed by atoms with E-state index in [4.69, 9.17) is 9.47 Å². The standard InChI is InChI=1S/C29H42O3/c1-5-7-9-11-13-18-25-19-16-22-28(26(25)20-14-12-10-8-6-2)32-29(30)31-27-21-15-17-23(3)24(27)4/h15-17,19,21-22H,5-14,18,20H2,1-4H3. The van der Waals surface area contributed by atoms with E-state index in [0.29, 0.717) is 11.5 Å². The predicted molar refractivity (Wildman–Crippen MR) is 134 cm³/mol. The maximum Gasteiger partial charge on any atom is 0.519 e. The summed E-state index contributed by atoms with van der Waals surface area (Å²) >= 11 is 0. The summed E-state index contributed by atoms with van der Waals surface area (Å²) in [5.41, 5.74) is 4.54. The summed E-state index contributed by atoms with van der Waals surface area (Å²) in [5, 5.41) is 0. The molecule has 2 aromatic rings. The quantitative estimate of drug-likeness (QED) is 0.168. The summed E-state index contributed by atoms with van der Waals surface area (Å²) in [7, 11) is 0. The van der Waals surface area contributed by atoms with Crippen molar-refractivity contribution in [2.45, 2.75) is 105 Å². The first-order valence-corrected chi connectivity index (χ1v) is 12.6. The van der Waals surface area contributed by atoms with Gasteiger partial charge in [-0.1, -0.05) is 89.5 Å². The Morgan fingerprint density at radius 1 is 0.688 bits per heavy atom. The predicted octanol–water partition coefficient (Wildman–Crippen LogP) is 8.91. The minimum absolute atomic E-state index is 0.559. The normalized spacial score (nSPS) is 10.9. The fourth-order valence-corrected chi connectivity index (χ4v) is 4.08. The molecule has 0 aromatic heterocycles. The van der Waals surface area contributed by atoms with Gasteiger partial charge in [-0.25, -0.2) is 4.79 Å². The Hall–Kier alpha value is -2.29. The Bertz CT molecular complexity index is 825. The van der Waals surface area contributed by atoms with E-state index in [9.17, 15) is 4.79 Å². The van der Waals surface area contributed by atoms with Gasteiger partial charge in [-0.05, 0) is 73.9 Å². The fourth-order valence-electron chi connectivity index (χ4n) is 4.08. The van der Waals surface area contributed by atoms with E-state index in [0.717, 1.165) is 30.4 Å². The molecule has 0 saturated heterocycles. The average molecular weight is 439 g/mol. The van der Waals surface area contributed by atoms with E-state index in [-0.39, 0.29) is 0 Å². The summed E-state index contributed by atoms with van der Waals surface area (Å²) in [6, 6.07) is 11.8. The van der Waals surface area contributed by atoms with Gasteiger partial charge in [0, 0.05) is 0 Å². The van der Waals surface area contributed by atoms with Crippen LogP contribution in [0.1, 0.15) is 100 Å². The first kappa shape index (κ1) is 26.0. The van der Waals surface area contributed by atoms with E-state index in [1.807, 2.05) is 44.2 Å². The number of carbonyl (C=O) groups is 1. The van der Waals surface area contributed by atoms with Gasteiger partial charge in [-0.3, -0.25) is 0 Å². The third-order valence-corrected chi connectivity index (χ3v) is 6.25. The highest BCUT2D eigenvalue weighted by atomic mass is 16.7. The maximum absolute atomic E-state index is 12.6. The average Bonchev–Trinajstić information content (AvgIpc) is 2.78. The third kappa shape index (κ3) is 8.68. The molecule has 0 radical (unpaired) electrons. The molecule has 0 spiro atoms. The summed E-state index contributed by atoms with van der Waals surface area (Å²) in [6.45, 7) is 8.45. The van der Waals surface area contributed by atoms with Gasteiger partial charge in [0.2, 0.25) is 0 Å². The van der Waals surface area contributed by atoms with Gasteiger partial charge in [0.25, 0.3) is 0 Å². The summed E-state index contributed by atoms with van der Waals surface area (Å²) in [6.07, 6.45) is 13.7. The second-order valence-corrected chi connectivity index (χ2v) is 8.87. The zero-order chi connectivity index (χ0) is 23.2. The summed E-state index contributed by atoms with van der Waals surface area (Å²) in [5.74, 6) is 1.21. The lowest BCUT2D eigenvalue weighted by molar-refractivity contribution is 0.151. The Balaban J connectivity index is 2.09. The van der Waals surface area contributed by atoms with Crippen molar-refractivity contribution in [1.82, 2.24) is 0 Å². The fraction of sp³-hybridized carbons (Fsp3) is 0.552. The van der Waals surface area contributed by atoms with Crippen LogP contribution in [0.15, 0.2) is 36.4 Å². The number of rotatable bonds is 14. The molecule has 3 nitrogen and oxygen atoms in total. The summed E-state index contributed by atoms with van der Waals surface area (Å²) in [4.78, 5) is 12.6. The van der Waals surface area contributed by atoms with Crippen LogP contribution < -0.4 is 9.47 Å². The lowest BCUT2D eigenvalue weighted by Crippen LogP contribution is -2.16. The molecule has 0 amide bonds. The van der Waals surface area contributed by atoms with E-state index in [2.05, 4.69) is 19.9 Å². The molecule has 176 valence electrons. The first-order chi connectivity index (χ1) is 15.6. The highest BCUT2D eigenvalue weighted by molar-refractivity contribution is 5.68. The maximum atomic E-state index is 12.6. The van der Waals surface area contributed by atoms with Crippen molar-refractivity contribution in [3.05, 3.63) is 58.7 Å². The Morgan fingerprint density at radius 3 is 1.94 bits per heavy atom. The van der Waals surface area contributed by atoms with Crippen molar-refractivity contribution < 1.29 is 14.3 Å². The molecule has 2 rings (SSSR count). The van der Waals surface area contributed by atoms with Gasteiger partial charge in [0.15, 0.2) is 0 Å². The van der Waals surface area contributed by atoms with Crippen LogP contribution in [0.25, 0.3) is 0 Å². The van der Waals surface area contributed by atoms with Gasteiger partial charge >= 0.3 is 6.16 Å². The molecule has 0 aliphatic heterocycles. The van der Waals surface area contributed by atoms with Crippen LogP contribution in [0.5, 0.6) is 11.5 Å². The van der Waals surface area contributed by atoms with E-state index in [1.165, 1.54) is 68.9 Å². The van der Waals surface area contributed by atoms with Crippen LogP contribution in [-0.4, -0.2) is 6.16 Å². The highest BCUT2D eigenvalue weighted by Crippen LogP contribution is 2.28. The molecule has 0 aliphatic rings. The van der Waals surface area contributed by atoms with Crippen LogP contribution in [0.3, 0.4) is 0 Å². The molecular formula is C29H42O3. The number of ether oxygens (including phenoxy) is 2. The lowest BCUT2D eigenvalue weighted by Gasteiger charge is -2.16. The highest BCUT2D eigenvalue weighted by Gasteiger charge is 2.16. The molecule has 32 heavy (non-hydrogen) atoms. The summed E-state index contributed by atoms with van der Waals surface area (Å²) < 4.78 is 11.3. The number of benzene rings is 2. The molecule has 0 bridgehead atoms. The van der Waals surface area contributed by atoms with E-state index >= 15 is 0 Å². The molecule has 2 aromatic carbocycles. The second kappa shape index (κ2) is 14.7. The first-order valence-electron chi connectivity index (χ1n) is 12.6. The Kier molecular flexibility index (Phi) is 11.9. The Morgan fingerprint density at radius 2 is 1.25 bits per heavy atom. The van der Waals surface area contributed by atoms with Crippen LogP contribution in [-0.2, 0) is 12.8 Å². The number of hydrogen-bond acceptors (Lipinski definition) is 3. The SMILES string of the molecule is CCCCCCCc1cccc(OC(=O)Oc2cccc(C)c2C)c1CCCCCCC. The second-order valence-electron chi connectivity index (χ2n) is 8.87. The van der Waals surface area contributed by atoms with Crippen molar-refractivity contribution in [3.8, 4) is 11.5 Å². The zero-order valence-corrected chi connectivity index (χ0v) is 20.7. The minimum atomic E-state index is -0.661. The molecule has 0 heterocycles. The van der Waals surface area contributed by atoms with E-state index < -0.39 is 6.16 Å². The number of unbranched alkanes of at least 4 members (excludes halogenated alkanes) is 8. The number of hydrogen-bond donors (Lipinski definition) is 0. The molecule has 0 N–H and O–H groups in total. The van der Waals surface area contributed by atoms with Crippen molar-refractivity contribution in [3.63, 3.8) is 0 Å². The van der Waals surface area contributed by atoms with Crippen molar-refractivity contribution >= 4 is 6.16 Å². The van der Waals surface area contributed by atoms with Crippen molar-refractivity contribution in [1.29, 1.82) is 0 Å². The van der Waals surface area contributed by atoms with E-state index in [1.54, 1.807) is 0 Å². The number of carbonyl (C=O) groups excluding carboxylic acids is 1. The van der Waals surface area contributed by atoms with Crippen LogP contribution in [0, 0.1) is 13.8 Å². The van der Waals surface area contributed by atoms with Crippen molar-refractivity contribution in [2.75, 3.05) is 0 Å². The van der Waals surface area contributed by atoms with Crippen molar-refractivity contribution in [2.24, 2.45) is 0 Å². The monoisotopic (exact) mass is 438 g/mol. The zero-order valence-electron chi connectivity index (χ0n) is 20.7. The lowest BCUT2D eigenvalue weighted by atomic mass is 9.95. The Labute approximate surface area is 195 Å². The van der Waals surface area contributed by atoms with Gasteiger partial charge in [0.1, 0.15) is 11.5 Å². The largest absolute Gasteiger partial charge is 0.519 e. The molecule has 0 aliphatic carbocycles. The molecule has 0 saturated carbocycles. The van der Waals surface area contributed by atoms with Crippen LogP contribution >= 0.6 is 0 Å². The van der Waals surface area contributed by atoms with Crippen LogP contribution in [0.4, 0.5) is 4.79 Å². The molecule has 0 fully saturated rings. The van der Waals surface area contributed by atoms with Gasteiger partial charge in [-0.15, -0.1) is 0 Å². The molecule has 3 heteroatoms. The van der Waals surface area contributed by atoms with Crippen LogP contribution in [0.2, 0.25) is 0 Å². The van der Waals surface area contributed by atoms with Gasteiger partial charge < -0.3 is 9.47 Å². The molecular weight excluding hydrogens is 396 g/mol. The topological polar surface area (TPSA) is 35.5 Å². The van der Waals surface area contributed by atoms with Gasteiger partial charge in [0.05, 0.1) is 0 Å². The third-order valence-electron chi connectivity index (χ3n) is 6.25. The molecule has 0 unspecified atom stereocenters. The molecule has 0 atom stereocenters. The minimum Gasteiger partial charge on any atom is -0.394 e. The van der Waals surface area contributed by atoms with Gasteiger partial charge in [-0.2, -0.15) is 0 Å². The smallest absolute Gasteiger partial charge is 0.394 e. The number of aryl methyl sites for hydroxylation is 2.